The summed E-state index contributed by atoms with van der Waals surface area (Å²) in [5.41, 5.74) is 7.97. The summed E-state index contributed by atoms with van der Waals surface area (Å²) in [5.74, 6) is 0. The Morgan fingerprint density at radius 3 is 1.10 bits per heavy atom. The molecule has 3 rings (SSSR count). The number of hydrogen-bond donors (Lipinski definition) is 0. The minimum absolute atomic E-state index is 0.190. The van der Waals surface area contributed by atoms with Crippen LogP contribution in [0.15, 0.2) is 72.8 Å². The third kappa shape index (κ3) is 6.07. The van der Waals surface area contributed by atoms with Gasteiger partial charge >= 0.3 is 0 Å². The Balaban J connectivity index is 1.70. The molecule has 0 radical (unpaired) electrons. The van der Waals surface area contributed by atoms with E-state index in [4.69, 9.17) is 0 Å². The van der Waals surface area contributed by atoms with Crippen molar-refractivity contribution in [2.75, 3.05) is 0 Å². The smallest absolute Gasteiger partial charge is 0.0132 e. The Hall–Kier alpha value is -2.86. The van der Waals surface area contributed by atoms with Crippen LogP contribution in [0.4, 0.5) is 0 Å². The van der Waals surface area contributed by atoms with Crippen molar-refractivity contribution in [1.29, 1.82) is 0 Å². The Morgan fingerprint density at radius 1 is 0.433 bits per heavy atom. The van der Waals surface area contributed by atoms with Crippen LogP contribution in [-0.2, 0) is 10.8 Å². The summed E-state index contributed by atoms with van der Waals surface area (Å²) in [6.45, 7) is 13.5. The SMILES string of the molecule is CC(C)(C)c1ccc(C=Cc2cccc(C=Cc3ccc(C(C)(C)C)cc3)c2)cc1. The standard InChI is InChI=1S/C30H34/c1-29(2,3)27-18-14-23(15-19-27)10-12-25-8-7-9-26(22-25)13-11-24-16-20-28(21-17-24)30(4,5)6/h7-22H,1-6H3. The van der Waals surface area contributed by atoms with E-state index in [2.05, 4.69) is 139 Å². The van der Waals surface area contributed by atoms with Gasteiger partial charge in [0.1, 0.15) is 0 Å². The van der Waals surface area contributed by atoms with Gasteiger partial charge in [0, 0.05) is 0 Å². The van der Waals surface area contributed by atoms with Gasteiger partial charge in [0.2, 0.25) is 0 Å². The Bertz CT molecular complexity index is 932. The minimum atomic E-state index is 0.190. The van der Waals surface area contributed by atoms with Crippen LogP contribution in [0.2, 0.25) is 0 Å². The zero-order chi connectivity index (χ0) is 21.8. The number of benzene rings is 3. The fourth-order valence-corrected chi connectivity index (χ4v) is 3.34. The van der Waals surface area contributed by atoms with Crippen LogP contribution in [0.3, 0.4) is 0 Å². The van der Waals surface area contributed by atoms with Crippen LogP contribution < -0.4 is 0 Å². The van der Waals surface area contributed by atoms with Gasteiger partial charge in [0.15, 0.2) is 0 Å². The lowest BCUT2D eigenvalue weighted by molar-refractivity contribution is 0.590. The zero-order valence-electron chi connectivity index (χ0n) is 19.2. The molecule has 0 aliphatic rings. The Kier molecular flexibility index (Phi) is 6.46. The molecule has 0 aliphatic heterocycles. The molecule has 0 spiro atoms. The van der Waals surface area contributed by atoms with E-state index in [0.29, 0.717) is 0 Å². The predicted molar refractivity (Wildman–Crippen MR) is 135 cm³/mol. The zero-order valence-corrected chi connectivity index (χ0v) is 19.2. The van der Waals surface area contributed by atoms with E-state index in [0.717, 1.165) is 0 Å². The lowest BCUT2D eigenvalue weighted by Gasteiger charge is -2.18. The van der Waals surface area contributed by atoms with Crippen molar-refractivity contribution in [3.05, 3.63) is 106 Å². The number of rotatable bonds is 4. The molecule has 0 aromatic heterocycles. The van der Waals surface area contributed by atoms with Crippen molar-refractivity contribution in [1.82, 2.24) is 0 Å². The fraction of sp³-hybridized carbons (Fsp3) is 0.267. The highest BCUT2D eigenvalue weighted by atomic mass is 14.2. The highest BCUT2D eigenvalue weighted by molar-refractivity contribution is 5.74. The first-order chi connectivity index (χ1) is 14.1. The summed E-state index contributed by atoms with van der Waals surface area (Å²) < 4.78 is 0. The molecule has 0 aliphatic carbocycles. The molecule has 0 fully saturated rings. The molecule has 0 unspecified atom stereocenters. The van der Waals surface area contributed by atoms with E-state index in [-0.39, 0.29) is 10.8 Å². The van der Waals surface area contributed by atoms with E-state index in [1.54, 1.807) is 0 Å². The monoisotopic (exact) mass is 394 g/mol. The lowest BCUT2D eigenvalue weighted by Crippen LogP contribution is -2.10. The largest absolute Gasteiger partial charge is 0.0611 e. The molecule has 3 aromatic rings. The van der Waals surface area contributed by atoms with Crippen LogP contribution >= 0.6 is 0 Å². The topological polar surface area (TPSA) is 0 Å². The molecule has 0 bridgehead atoms. The molecule has 30 heavy (non-hydrogen) atoms. The molecule has 0 N–H and O–H groups in total. The molecule has 0 heteroatoms. The van der Waals surface area contributed by atoms with Crippen molar-refractivity contribution in [2.45, 2.75) is 52.4 Å². The van der Waals surface area contributed by atoms with Gasteiger partial charge < -0.3 is 0 Å². The van der Waals surface area contributed by atoms with Gasteiger partial charge in [-0.2, -0.15) is 0 Å². The lowest BCUT2D eigenvalue weighted by atomic mass is 9.87. The first-order valence-electron chi connectivity index (χ1n) is 10.8. The Morgan fingerprint density at radius 2 is 0.767 bits per heavy atom. The van der Waals surface area contributed by atoms with Crippen LogP contribution in [0.1, 0.15) is 74.9 Å². The normalized spacial score (nSPS) is 12.7. The Labute approximate surface area is 183 Å². The molecule has 154 valence electrons. The molecule has 0 heterocycles. The highest BCUT2D eigenvalue weighted by Gasteiger charge is 2.13. The van der Waals surface area contributed by atoms with Crippen molar-refractivity contribution in [2.24, 2.45) is 0 Å². The quantitative estimate of drug-likeness (QED) is 0.388. The van der Waals surface area contributed by atoms with E-state index in [1.165, 1.54) is 33.4 Å². The third-order valence-corrected chi connectivity index (χ3v) is 5.40. The second kappa shape index (κ2) is 8.88. The predicted octanol–water partition coefficient (Wildman–Crippen LogP) is 8.62. The molecular formula is C30H34. The summed E-state index contributed by atoms with van der Waals surface area (Å²) in [5, 5.41) is 0. The van der Waals surface area contributed by atoms with Crippen molar-refractivity contribution >= 4 is 24.3 Å². The summed E-state index contributed by atoms with van der Waals surface area (Å²) in [6.07, 6.45) is 8.73. The first kappa shape index (κ1) is 21.8. The molecule has 0 nitrogen and oxygen atoms in total. The second-order valence-corrected chi connectivity index (χ2v) is 10.1. The highest BCUT2D eigenvalue weighted by Crippen LogP contribution is 2.24. The fourth-order valence-electron chi connectivity index (χ4n) is 3.34. The van der Waals surface area contributed by atoms with Gasteiger partial charge in [-0.3, -0.25) is 0 Å². The van der Waals surface area contributed by atoms with Crippen molar-refractivity contribution in [3.8, 4) is 0 Å². The van der Waals surface area contributed by atoms with Gasteiger partial charge in [-0.1, -0.05) is 133 Å². The van der Waals surface area contributed by atoms with Crippen LogP contribution in [-0.4, -0.2) is 0 Å². The molecule has 0 amide bonds. The maximum Gasteiger partial charge on any atom is -0.0132 e. The summed E-state index contributed by atoms with van der Waals surface area (Å²) in [6, 6.07) is 26.3. The van der Waals surface area contributed by atoms with Gasteiger partial charge in [-0.05, 0) is 50.3 Å². The molecule has 0 atom stereocenters. The first-order valence-corrected chi connectivity index (χ1v) is 10.8. The van der Waals surface area contributed by atoms with Crippen molar-refractivity contribution < 1.29 is 0 Å². The van der Waals surface area contributed by atoms with Crippen LogP contribution in [0.5, 0.6) is 0 Å². The third-order valence-electron chi connectivity index (χ3n) is 5.40. The van der Waals surface area contributed by atoms with Crippen LogP contribution in [0.25, 0.3) is 24.3 Å². The summed E-state index contributed by atoms with van der Waals surface area (Å²) >= 11 is 0. The van der Waals surface area contributed by atoms with Crippen molar-refractivity contribution in [3.63, 3.8) is 0 Å². The van der Waals surface area contributed by atoms with Gasteiger partial charge in [-0.25, -0.2) is 0 Å². The summed E-state index contributed by atoms with van der Waals surface area (Å²) in [7, 11) is 0. The average Bonchev–Trinajstić information content (AvgIpc) is 2.70. The maximum absolute atomic E-state index is 2.25. The summed E-state index contributed by atoms with van der Waals surface area (Å²) in [4.78, 5) is 0. The van der Waals surface area contributed by atoms with E-state index >= 15 is 0 Å². The molecular weight excluding hydrogens is 360 g/mol. The molecule has 0 saturated carbocycles. The maximum atomic E-state index is 2.25. The van der Waals surface area contributed by atoms with Gasteiger partial charge in [0.05, 0.1) is 0 Å². The second-order valence-electron chi connectivity index (χ2n) is 10.1. The molecule has 3 aromatic carbocycles. The van der Waals surface area contributed by atoms with E-state index in [1.807, 2.05) is 0 Å². The minimum Gasteiger partial charge on any atom is -0.0611 e. The van der Waals surface area contributed by atoms with E-state index < -0.39 is 0 Å². The van der Waals surface area contributed by atoms with Crippen LogP contribution in [0, 0.1) is 0 Å². The molecule has 0 saturated heterocycles. The average molecular weight is 395 g/mol. The van der Waals surface area contributed by atoms with E-state index in [9.17, 15) is 0 Å². The number of hydrogen-bond acceptors (Lipinski definition) is 0. The van der Waals surface area contributed by atoms with Gasteiger partial charge in [0.25, 0.3) is 0 Å². The van der Waals surface area contributed by atoms with Gasteiger partial charge in [-0.15, -0.1) is 0 Å².